The van der Waals surface area contributed by atoms with Crippen LogP contribution in [0.1, 0.15) is 71.1 Å². The molecule has 2 aromatic rings. The SMILES string of the molecule is CCCCCCOc1nsnc1C1=CCC[N+](C)(C(C)OC(=O)Cc2ccccc2OC(=O)C(C)C)C1.CO. The molecule has 1 aliphatic rings. The third-order valence-electron chi connectivity index (χ3n) is 6.73. The number of quaternary nitrogens is 1. The predicted octanol–water partition coefficient (Wildman–Crippen LogP) is 5.03. The lowest BCUT2D eigenvalue weighted by atomic mass is 10.0. The minimum atomic E-state index is -0.369. The number of aliphatic hydroxyl groups excluding tert-OH is 1. The molecule has 3 rings (SSSR count). The van der Waals surface area contributed by atoms with Crippen LogP contribution in [0.5, 0.6) is 11.6 Å². The predicted molar refractivity (Wildman–Crippen MR) is 152 cm³/mol. The van der Waals surface area contributed by atoms with Crippen molar-refractivity contribution in [3.63, 3.8) is 0 Å². The summed E-state index contributed by atoms with van der Waals surface area (Å²) in [4.78, 5) is 25.0. The number of para-hydroxylation sites is 1. The number of rotatable bonds is 13. The van der Waals surface area contributed by atoms with Gasteiger partial charge in [-0.15, -0.1) is 4.37 Å². The number of aromatic nitrogens is 2. The van der Waals surface area contributed by atoms with E-state index in [-0.39, 0.29) is 30.5 Å². The molecule has 0 amide bonds. The van der Waals surface area contributed by atoms with Gasteiger partial charge in [0.1, 0.15) is 18.0 Å². The lowest BCUT2D eigenvalue weighted by molar-refractivity contribution is -0.944. The maximum Gasteiger partial charge on any atom is 0.314 e. The number of likely N-dealkylation sites (N-methyl/N-ethyl adjacent to an activating group) is 1. The van der Waals surface area contributed by atoms with Gasteiger partial charge in [-0.2, -0.15) is 4.37 Å². The molecular formula is C29H44N3O6S+. The molecule has 0 saturated heterocycles. The Balaban J connectivity index is 0.00000260. The molecule has 0 bridgehead atoms. The number of carbonyl (C=O) groups is 2. The monoisotopic (exact) mass is 562 g/mol. The van der Waals surface area contributed by atoms with Crippen LogP contribution in [0.15, 0.2) is 30.3 Å². The second kappa shape index (κ2) is 16.3. The average molecular weight is 563 g/mol. The zero-order chi connectivity index (χ0) is 28.8. The zero-order valence-electron chi connectivity index (χ0n) is 24.1. The van der Waals surface area contributed by atoms with Crippen LogP contribution < -0.4 is 9.47 Å². The largest absolute Gasteiger partial charge is 0.475 e. The molecule has 10 heteroatoms. The first-order chi connectivity index (χ1) is 18.7. The minimum absolute atomic E-state index is 0.0284. The number of ether oxygens (including phenoxy) is 3. The highest BCUT2D eigenvalue weighted by Crippen LogP contribution is 2.32. The zero-order valence-corrected chi connectivity index (χ0v) is 25.0. The Kier molecular flexibility index (Phi) is 13.6. The average Bonchev–Trinajstić information content (AvgIpc) is 3.39. The summed E-state index contributed by atoms with van der Waals surface area (Å²) in [6, 6.07) is 7.09. The highest BCUT2D eigenvalue weighted by atomic mass is 32.1. The van der Waals surface area contributed by atoms with Crippen LogP contribution >= 0.6 is 11.7 Å². The Morgan fingerprint density at radius 3 is 2.56 bits per heavy atom. The Labute approximate surface area is 236 Å². The second-order valence-electron chi connectivity index (χ2n) is 10.2. The van der Waals surface area contributed by atoms with Crippen molar-refractivity contribution in [2.75, 3.05) is 33.9 Å². The molecule has 0 saturated carbocycles. The number of benzene rings is 1. The van der Waals surface area contributed by atoms with Crippen LogP contribution in [0.4, 0.5) is 0 Å². The van der Waals surface area contributed by atoms with Gasteiger partial charge in [-0.05, 0) is 12.5 Å². The number of nitrogens with zero attached hydrogens (tertiary/aromatic N) is 3. The van der Waals surface area contributed by atoms with Crippen molar-refractivity contribution < 1.29 is 33.4 Å². The Bertz CT molecular complexity index is 1090. The summed E-state index contributed by atoms with van der Waals surface area (Å²) in [5, 5.41) is 7.00. The van der Waals surface area contributed by atoms with Crippen molar-refractivity contribution in [3.8, 4) is 11.6 Å². The molecule has 2 atom stereocenters. The Morgan fingerprint density at radius 2 is 1.85 bits per heavy atom. The van der Waals surface area contributed by atoms with Gasteiger partial charge in [-0.3, -0.25) is 14.1 Å². The summed E-state index contributed by atoms with van der Waals surface area (Å²) in [6.07, 6.45) is 7.24. The molecule has 1 aliphatic heterocycles. The second-order valence-corrected chi connectivity index (χ2v) is 10.7. The number of aliphatic hydroxyl groups is 1. The highest BCUT2D eigenvalue weighted by Gasteiger charge is 2.36. The molecule has 0 spiro atoms. The van der Waals surface area contributed by atoms with E-state index in [0.717, 1.165) is 55.9 Å². The van der Waals surface area contributed by atoms with Gasteiger partial charge in [0.2, 0.25) is 6.23 Å². The maximum absolute atomic E-state index is 12.9. The van der Waals surface area contributed by atoms with E-state index < -0.39 is 0 Å². The van der Waals surface area contributed by atoms with Gasteiger partial charge in [0, 0.05) is 31.6 Å². The maximum atomic E-state index is 12.9. The van der Waals surface area contributed by atoms with E-state index in [2.05, 4.69) is 28.8 Å². The first kappa shape index (κ1) is 32.4. The molecule has 2 unspecified atom stereocenters. The summed E-state index contributed by atoms with van der Waals surface area (Å²) in [6.45, 7) is 9.80. The van der Waals surface area contributed by atoms with E-state index in [4.69, 9.17) is 19.3 Å². The van der Waals surface area contributed by atoms with Crippen molar-refractivity contribution in [2.45, 2.75) is 72.4 Å². The van der Waals surface area contributed by atoms with E-state index in [0.29, 0.717) is 34.8 Å². The fourth-order valence-corrected chi connectivity index (χ4v) is 4.74. The van der Waals surface area contributed by atoms with Crippen molar-refractivity contribution in [1.29, 1.82) is 0 Å². The summed E-state index contributed by atoms with van der Waals surface area (Å²) in [7, 11) is 3.09. The molecule has 2 heterocycles. The lowest BCUT2D eigenvalue weighted by Gasteiger charge is -2.41. The van der Waals surface area contributed by atoms with E-state index in [9.17, 15) is 9.59 Å². The third-order valence-corrected chi connectivity index (χ3v) is 7.24. The third kappa shape index (κ3) is 9.70. The van der Waals surface area contributed by atoms with Crippen LogP contribution in [-0.4, -0.2) is 70.4 Å². The van der Waals surface area contributed by atoms with Crippen LogP contribution in [0.3, 0.4) is 0 Å². The Morgan fingerprint density at radius 1 is 1.10 bits per heavy atom. The van der Waals surface area contributed by atoms with Gasteiger partial charge in [-0.25, -0.2) is 0 Å². The smallest absolute Gasteiger partial charge is 0.314 e. The van der Waals surface area contributed by atoms with Crippen LogP contribution in [0.25, 0.3) is 5.57 Å². The van der Waals surface area contributed by atoms with Gasteiger partial charge < -0.3 is 19.3 Å². The van der Waals surface area contributed by atoms with Crippen LogP contribution in [0, 0.1) is 5.92 Å². The fourth-order valence-electron chi connectivity index (χ4n) is 4.21. The van der Waals surface area contributed by atoms with Crippen LogP contribution in [0.2, 0.25) is 0 Å². The van der Waals surface area contributed by atoms with Gasteiger partial charge in [0.05, 0.1) is 44.3 Å². The number of carbonyl (C=O) groups excluding carboxylic acids is 2. The summed E-state index contributed by atoms with van der Waals surface area (Å²) >= 11 is 1.16. The van der Waals surface area contributed by atoms with Crippen molar-refractivity contribution in [2.24, 2.45) is 5.92 Å². The fraction of sp³-hybridized carbons (Fsp3) is 0.586. The summed E-state index contributed by atoms with van der Waals surface area (Å²) in [5.74, 6) is 0.0416. The number of hydrogen-bond donors (Lipinski definition) is 1. The van der Waals surface area contributed by atoms with E-state index in [1.54, 1.807) is 32.0 Å². The molecule has 39 heavy (non-hydrogen) atoms. The topological polar surface area (TPSA) is 108 Å². The van der Waals surface area contributed by atoms with Gasteiger partial charge >= 0.3 is 11.9 Å². The van der Waals surface area contributed by atoms with E-state index in [1.807, 2.05) is 13.0 Å². The van der Waals surface area contributed by atoms with Crippen molar-refractivity contribution in [3.05, 3.63) is 41.6 Å². The molecule has 1 aromatic carbocycles. The first-order valence-electron chi connectivity index (χ1n) is 13.7. The van der Waals surface area contributed by atoms with Gasteiger partial charge in [0.25, 0.3) is 5.88 Å². The van der Waals surface area contributed by atoms with Crippen molar-refractivity contribution in [1.82, 2.24) is 8.75 Å². The normalized spacial score (nSPS) is 17.5. The number of unbranched alkanes of at least 4 members (excludes halogenated alkanes) is 3. The van der Waals surface area contributed by atoms with E-state index in [1.165, 1.54) is 12.8 Å². The lowest BCUT2D eigenvalue weighted by Crippen LogP contribution is -2.55. The standard InChI is InChI=1S/C28H40N3O5S.CH4O/c1-6-7-8-11-17-34-27-26(29-37-30-27)23-14-12-16-31(5,19-23)21(4)35-25(32)18-22-13-9-10-15-24(22)36-28(33)20(2)3;1-2/h9-10,13-15,20-21H,6-8,11-12,16-19H2,1-5H3;2H,1H3/q+1;. The molecule has 216 valence electrons. The first-order valence-corrected chi connectivity index (χ1v) is 14.4. The summed E-state index contributed by atoms with van der Waals surface area (Å²) in [5.41, 5.74) is 2.49. The molecular weight excluding hydrogens is 518 g/mol. The molecule has 0 fully saturated rings. The van der Waals surface area contributed by atoms with E-state index >= 15 is 0 Å². The minimum Gasteiger partial charge on any atom is -0.475 e. The van der Waals surface area contributed by atoms with Crippen molar-refractivity contribution >= 4 is 29.2 Å². The molecule has 1 aromatic heterocycles. The van der Waals surface area contributed by atoms with Gasteiger partial charge in [-0.1, -0.05) is 64.3 Å². The van der Waals surface area contributed by atoms with Crippen LogP contribution in [-0.2, 0) is 20.7 Å². The molecule has 0 aliphatic carbocycles. The Hall–Kier alpha value is -2.82. The van der Waals surface area contributed by atoms with Gasteiger partial charge in [0.15, 0.2) is 0 Å². The number of hydrogen-bond acceptors (Lipinski definition) is 9. The number of esters is 2. The summed E-state index contributed by atoms with van der Waals surface area (Å²) < 4.78 is 26.8. The molecule has 1 N–H and O–H groups in total. The highest BCUT2D eigenvalue weighted by molar-refractivity contribution is 6.99. The molecule has 9 nitrogen and oxygen atoms in total. The molecule has 0 radical (unpaired) electrons. The quantitative estimate of drug-likeness (QED) is 0.157.